The third-order valence-electron chi connectivity index (χ3n) is 3.45. The van der Waals surface area contributed by atoms with Crippen LogP contribution < -0.4 is 16.0 Å². The van der Waals surface area contributed by atoms with E-state index in [1.54, 1.807) is 24.3 Å². The number of amides is 1. The molecule has 5 nitrogen and oxygen atoms in total. The van der Waals surface area contributed by atoms with Crippen LogP contribution in [0.25, 0.3) is 0 Å². The predicted octanol–water partition coefficient (Wildman–Crippen LogP) is 1.74. The highest BCUT2D eigenvalue weighted by molar-refractivity contribution is 7.98. The molecule has 0 saturated heterocycles. The van der Waals surface area contributed by atoms with E-state index in [4.69, 9.17) is 10.6 Å². The van der Waals surface area contributed by atoms with Crippen molar-refractivity contribution in [3.05, 3.63) is 29.8 Å². The van der Waals surface area contributed by atoms with Gasteiger partial charge in [0, 0.05) is 18.2 Å². The van der Waals surface area contributed by atoms with E-state index < -0.39 is 0 Å². The molecule has 6 heteroatoms. The highest BCUT2D eigenvalue weighted by atomic mass is 32.2. The highest BCUT2D eigenvalue weighted by Crippen LogP contribution is 2.12. The maximum Gasteiger partial charge on any atom is 0.265 e. The fraction of sp³-hybridized carbons (Fsp3) is 0.533. The number of rotatable bonds is 9. The summed E-state index contributed by atoms with van der Waals surface area (Å²) in [5, 5.41) is 0. The van der Waals surface area contributed by atoms with Crippen LogP contribution in [-0.2, 0) is 0 Å². The molecule has 0 fully saturated rings. The van der Waals surface area contributed by atoms with Gasteiger partial charge in [-0.25, -0.2) is 5.84 Å². The smallest absolute Gasteiger partial charge is 0.265 e. The van der Waals surface area contributed by atoms with E-state index in [-0.39, 0.29) is 5.91 Å². The lowest BCUT2D eigenvalue weighted by Gasteiger charge is -2.24. The van der Waals surface area contributed by atoms with Crippen LogP contribution in [0.5, 0.6) is 5.75 Å². The average molecular weight is 311 g/mol. The van der Waals surface area contributed by atoms with E-state index in [1.807, 2.05) is 11.8 Å². The van der Waals surface area contributed by atoms with Crippen LogP contribution in [-0.4, -0.2) is 49.1 Å². The van der Waals surface area contributed by atoms with Gasteiger partial charge in [-0.1, -0.05) is 0 Å². The molecule has 3 N–H and O–H groups in total. The van der Waals surface area contributed by atoms with Crippen molar-refractivity contribution in [3.8, 4) is 5.75 Å². The number of nitrogens with zero attached hydrogens (tertiary/aromatic N) is 1. The Morgan fingerprint density at radius 2 is 2.10 bits per heavy atom. The van der Waals surface area contributed by atoms with E-state index in [2.05, 4.69) is 30.6 Å². The Hall–Kier alpha value is -1.24. The summed E-state index contributed by atoms with van der Waals surface area (Å²) in [7, 11) is 2.11. The summed E-state index contributed by atoms with van der Waals surface area (Å²) in [6.07, 6.45) is 3.31. The fourth-order valence-electron chi connectivity index (χ4n) is 1.82. The molecule has 0 aliphatic rings. The van der Waals surface area contributed by atoms with Crippen LogP contribution >= 0.6 is 11.8 Å². The minimum absolute atomic E-state index is 0.302. The molecular formula is C15H25N3O2S. The van der Waals surface area contributed by atoms with Gasteiger partial charge in [0.25, 0.3) is 5.91 Å². The van der Waals surface area contributed by atoms with Crippen molar-refractivity contribution in [3.63, 3.8) is 0 Å². The predicted molar refractivity (Wildman–Crippen MR) is 88.7 cm³/mol. The van der Waals surface area contributed by atoms with Crippen LogP contribution in [0.1, 0.15) is 23.7 Å². The Morgan fingerprint density at radius 3 is 2.67 bits per heavy atom. The SMILES string of the molecule is CSCCC(C)N(C)CCOc1ccc(C(=O)NN)cc1. The van der Waals surface area contributed by atoms with Gasteiger partial charge >= 0.3 is 0 Å². The third kappa shape index (κ3) is 6.37. The average Bonchev–Trinajstić information content (AvgIpc) is 2.52. The molecule has 0 aliphatic carbocycles. The first kappa shape index (κ1) is 17.8. The van der Waals surface area contributed by atoms with Gasteiger partial charge in [0.1, 0.15) is 12.4 Å². The molecule has 1 atom stereocenters. The van der Waals surface area contributed by atoms with E-state index in [0.29, 0.717) is 18.2 Å². The minimum atomic E-state index is -0.302. The molecule has 1 aromatic rings. The number of nitrogens with two attached hydrogens (primary N) is 1. The molecule has 0 spiro atoms. The van der Waals surface area contributed by atoms with Crippen molar-refractivity contribution in [1.82, 2.24) is 10.3 Å². The molecule has 1 aromatic carbocycles. The van der Waals surface area contributed by atoms with Gasteiger partial charge in [-0.3, -0.25) is 10.2 Å². The molecular weight excluding hydrogens is 286 g/mol. The maximum atomic E-state index is 11.3. The Morgan fingerprint density at radius 1 is 1.43 bits per heavy atom. The van der Waals surface area contributed by atoms with Crippen molar-refractivity contribution in [2.75, 3.05) is 32.2 Å². The number of hydrogen-bond acceptors (Lipinski definition) is 5. The molecule has 1 unspecified atom stereocenters. The molecule has 0 aliphatic heterocycles. The zero-order valence-corrected chi connectivity index (χ0v) is 13.8. The number of likely N-dealkylation sites (N-methyl/N-ethyl adjacent to an activating group) is 1. The fourth-order valence-corrected chi connectivity index (χ4v) is 2.40. The van der Waals surface area contributed by atoms with Gasteiger partial charge in [0.2, 0.25) is 0 Å². The lowest BCUT2D eigenvalue weighted by molar-refractivity contribution is 0.0953. The highest BCUT2D eigenvalue weighted by Gasteiger charge is 2.08. The molecule has 1 rings (SSSR count). The largest absolute Gasteiger partial charge is 0.492 e. The van der Waals surface area contributed by atoms with E-state index in [9.17, 15) is 4.79 Å². The normalized spacial score (nSPS) is 12.2. The maximum absolute atomic E-state index is 11.3. The first-order valence-electron chi connectivity index (χ1n) is 7.01. The molecule has 21 heavy (non-hydrogen) atoms. The lowest BCUT2D eigenvalue weighted by Crippen LogP contribution is -2.33. The van der Waals surface area contributed by atoms with E-state index in [0.717, 1.165) is 12.3 Å². The van der Waals surface area contributed by atoms with Crippen molar-refractivity contribution < 1.29 is 9.53 Å². The number of thioether (sulfide) groups is 1. The van der Waals surface area contributed by atoms with Crippen molar-refractivity contribution in [2.24, 2.45) is 5.84 Å². The van der Waals surface area contributed by atoms with E-state index >= 15 is 0 Å². The molecule has 1 amide bonds. The van der Waals surface area contributed by atoms with Crippen molar-refractivity contribution in [1.29, 1.82) is 0 Å². The van der Waals surface area contributed by atoms with Gasteiger partial charge < -0.3 is 9.64 Å². The molecule has 0 radical (unpaired) electrons. The summed E-state index contributed by atoms with van der Waals surface area (Å²) >= 11 is 1.87. The quantitative estimate of drug-likeness (QED) is 0.413. The summed E-state index contributed by atoms with van der Waals surface area (Å²) < 4.78 is 5.69. The molecule has 0 saturated carbocycles. The van der Waals surface area contributed by atoms with Gasteiger partial charge in [-0.2, -0.15) is 11.8 Å². The number of carbonyl (C=O) groups is 1. The lowest BCUT2D eigenvalue weighted by atomic mass is 10.2. The number of benzene rings is 1. The Labute approximate surface area is 131 Å². The summed E-state index contributed by atoms with van der Waals surface area (Å²) in [6, 6.07) is 7.50. The zero-order chi connectivity index (χ0) is 15.7. The summed E-state index contributed by atoms with van der Waals surface area (Å²) in [5.41, 5.74) is 2.62. The van der Waals surface area contributed by atoms with Crippen LogP contribution in [0.4, 0.5) is 0 Å². The zero-order valence-electron chi connectivity index (χ0n) is 13.0. The van der Waals surface area contributed by atoms with Gasteiger partial charge in [-0.15, -0.1) is 0 Å². The topological polar surface area (TPSA) is 67.6 Å². The molecule has 118 valence electrons. The van der Waals surface area contributed by atoms with Crippen molar-refractivity contribution >= 4 is 17.7 Å². The second-order valence-electron chi connectivity index (χ2n) is 4.96. The van der Waals surface area contributed by atoms with Gasteiger partial charge in [-0.05, 0) is 56.7 Å². The minimum Gasteiger partial charge on any atom is -0.492 e. The number of nitrogen functional groups attached to an aromatic ring is 1. The number of ether oxygens (including phenoxy) is 1. The number of hydrogen-bond donors (Lipinski definition) is 2. The summed E-state index contributed by atoms with van der Waals surface area (Å²) in [5.74, 6) is 6.71. The first-order chi connectivity index (χ1) is 10.1. The van der Waals surface area contributed by atoms with Crippen LogP contribution in [0.15, 0.2) is 24.3 Å². The summed E-state index contributed by atoms with van der Waals surface area (Å²) in [4.78, 5) is 13.6. The third-order valence-corrected chi connectivity index (χ3v) is 4.10. The van der Waals surface area contributed by atoms with Gasteiger partial charge in [0.05, 0.1) is 0 Å². The molecule has 0 aromatic heterocycles. The number of carbonyl (C=O) groups excluding carboxylic acids is 1. The standard InChI is InChI=1S/C15H25N3O2S/c1-12(8-11-21-3)18(2)9-10-20-14-6-4-13(5-7-14)15(19)17-16/h4-7,12H,8-11,16H2,1-3H3,(H,17,19). The number of nitrogens with one attached hydrogen (secondary N) is 1. The van der Waals surface area contributed by atoms with Crippen LogP contribution in [0, 0.1) is 0 Å². The monoisotopic (exact) mass is 311 g/mol. The van der Waals surface area contributed by atoms with E-state index in [1.165, 1.54) is 12.2 Å². The van der Waals surface area contributed by atoms with Crippen molar-refractivity contribution in [2.45, 2.75) is 19.4 Å². The first-order valence-corrected chi connectivity index (χ1v) is 8.40. The summed E-state index contributed by atoms with van der Waals surface area (Å²) in [6.45, 7) is 3.74. The second-order valence-corrected chi connectivity index (χ2v) is 5.94. The number of hydrazine groups is 1. The van der Waals surface area contributed by atoms with Crippen LogP contribution in [0.3, 0.4) is 0 Å². The Bertz CT molecular complexity index is 425. The second kappa shape index (κ2) is 9.65. The Balaban J connectivity index is 2.33. The molecule has 0 heterocycles. The van der Waals surface area contributed by atoms with Crippen LogP contribution in [0.2, 0.25) is 0 Å². The van der Waals surface area contributed by atoms with Gasteiger partial charge in [0.15, 0.2) is 0 Å². The molecule has 0 bridgehead atoms. The Kier molecular flexibility index (Phi) is 8.19.